The Morgan fingerprint density at radius 2 is 1.93 bits per heavy atom. The first-order valence-electron chi connectivity index (χ1n) is 9.07. The zero-order valence-corrected chi connectivity index (χ0v) is 17.0. The van der Waals surface area contributed by atoms with Crippen molar-refractivity contribution in [2.75, 3.05) is 14.2 Å². The Kier molecular flexibility index (Phi) is 7.59. The molecular formula is C19H26N2O6S. The van der Waals surface area contributed by atoms with E-state index in [0.29, 0.717) is 5.56 Å². The number of methoxy groups -OCH3 is 1. The van der Waals surface area contributed by atoms with E-state index < -0.39 is 22.1 Å². The minimum atomic E-state index is -3.72. The molecule has 0 saturated heterocycles. The summed E-state index contributed by atoms with van der Waals surface area (Å²) in [4.78, 5) is 24.0. The van der Waals surface area contributed by atoms with Crippen LogP contribution in [0.5, 0.6) is 5.75 Å². The molecule has 8 nitrogen and oxygen atoms in total. The van der Waals surface area contributed by atoms with E-state index in [0.717, 1.165) is 31.8 Å². The highest BCUT2D eigenvalue weighted by atomic mass is 32.2. The van der Waals surface area contributed by atoms with Crippen molar-refractivity contribution >= 4 is 28.0 Å². The van der Waals surface area contributed by atoms with Crippen LogP contribution in [0.1, 0.15) is 38.2 Å². The third kappa shape index (κ3) is 5.80. The van der Waals surface area contributed by atoms with Gasteiger partial charge in [0.1, 0.15) is 10.6 Å². The Hall–Kier alpha value is -2.39. The van der Waals surface area contributed by atoms with Crippen LogP contribution in [0.25, 0.3) is 6.08 Å². The first-order chi connectivity index (χ1) is 13.3. The van der Waals surface area contributed by atoms with Gasteiger partial charge in [-0.05, 0) is 50.6 Å². The lowest BCUT2D eigenvalue weighted by Gasteiger charge is -2.16. The van der Waals surface area contributed by atoms with Gasteiger partial charge in [-0.2, -0.15) is 0 Å². The van der Waals surface area contributed by atoms with E-state index in [1.54, 1.807) is 6.07 Å². The minimum absolute atomic E-state index is 0.0441. The molecule has 0 heterocycles. The number of carbonyl (C=O) groups excluding carboxylic acids is 2. The summed E-state index contributed by atoms with van der Waals surface area (Å²) < 4.78 is 36.6. The van der Waals surface area contributed by atoms with E-state index >= 15 is 0 Å². The number of nitrogens with one attached hydrogen (secondary N) is 2. The second-order valence-electron chi connectivity index (χ2n) is 6.52. The Balaban J connectivity index is 2.01. The number of rotatable bonds is 8. The van der Waals surface area contributed by atoms with Crippen molar-refractivity contribution < 1.29 is 27.5 Å². The smallest absolute Gasteiger partial charge is 0.331 e. The van der Waals surface area contributed by atoms with Crippen LogP contribution in [-0.2, 0) is 24.3 Å². The zero-order valence-electron chi connectivity index (χ0n) is 16.2. The number of esters is 1. The fourth-order valence-electron chi connectivity index (χ4n) is 2.94. The summed E-state index contributed by atoms with van der Waals surface area (Å²) in [6.07, 6.45) is 5.73. The number of amides is 1. The predicted molar refractivity (Wildman–Crippen MR) is 104 cm³/mol. The van der Waals surface area contributed by atoms with E-state index in [4.69, 9.17) is 9.47 Å². The maximum atomic E-state index is 12.1. The molecule has 1 atom stereocenters. The van der Waals surface area contributed by atoms with Gasteiger partial charge in [0.25, 0.3) is 5.91 Å². The Labute approximate surface area is 165 Å². The fourth-order valence-corrected chi connectivity index (χ4v) is 3.86. The summed E-state index contributed by atoms with van der Waals surface area (Å²) in [5, 5.41) is 2.87. The normalized spacial score (nSPS) is 16.1. The van der Waals surface area contributed by atoms with Crippen LogP contribution in [-0.4, -0.2) is 46.6 Å². The van der Waals surface area contributed by atoms with Gasteiger partial charge in [-0.1, -0.05) is 18.9 Å². The minimum Gasteiger partial charge on any atom is -0.495 e. The Bertz CT molecular complexity index is 844. The number of hydrogen-bond donors (Lipinski definition) is 2. The molecule has 0 radical (unpaired) electrons. The number of sulfonamides is 1. The van der Waals surface area contributed by atoms with E-state index in [2.05, 4.69) is 10.0 Å². The van der Waals surface area contributed by atoms with Crippen LogP contribution in [0.2, 0.25) is 0 Å². The first-order valence-corrected chi connectivity index (χ1v) is 10.6. The van der Waals surface area contributed by atoms with Crippen molar-refractivity contribution in [3.05, 3.63) is 29.8 Å². The molecule has 1 aromatic carbocycles. The Morgan fingerprint density at radius 1 is 1.25 bits per heavy atom. The van der Waals surface area contributed by atoms with Crippen LogP contribution in [0.3, 0.4) is 0 Å². The molecule has 1 saturated carbocycles. The van der Waals surface area contributed by atoms with E-state index in [1.165, 1.54) is 39.3 Å². The molecule has 1 aromatic rings. The molecule has 0 spiro atoms. The third-order valence-electron chi connectivity index (χ3n) is 4.52. The second kappa shape index (κ2) is 9.70. The standard InChI is InChI=1S/C19H26N2O6S/c1-13(19(23)21-15-6-4-5-7-15)27-18(22)11-9-14-8-10-16(26-3)17(12-14)28(24,25)20-2/h8-13,15,20H,4-7H2,1-3H3,(H,21,23)/b11-9+. The number of benzene rings is 1. The molecule has 1 fully saturated rings. The summed E-state index contributed by atoms with van der Waals surface area (Å²) in [6.45, 7) is 1.51. The highest BCUT2D eigenvalue weighted by Crippen LogP contribution is 2.25. The lowest BCUT2D eigenvalue weighted by atomic mass is 10.2. The molecule has 2 rings (SSSR count). The summed E-state index contributed by atoms with van der Waals surface area (Å²) in [5.74, 6) is -0.824. The summed E-state index contributed by atoms with van der Waals surface area (Å²) in [6, 6.07) is 4.63. The van der Waals surface area contributed by atoms with E-state index in [1.807, 2.05) is 0 Å². The van der Waals surface area contributed by atoms with Gasteiger partial charge in [0.15, 0.2) is 6.10 Å². The van der Waals surface area contributed by atoms with Gasteiger partial charge in [-0.25, -0.2) is 17.9 Å². The number of carbonyl (C=O) groups is 2. The summed E-state index contributed by atoms with van der Waals surface area (Å²) in [5.41, 5.74) is 0.467. The third-order valence-corrected chi connectivity index (χ3v) is 5.96. The van der Waals surface area contributed by atoms with Gasteiger partial charge >= 0.3 is 5.97 Å². The van der Waals surface area contributed by atoms with Crippen molar-refractivity contribution in [3.8, 4) is 5.75 Å². The van der Waals surface area contributed by atoms with Crippen molar-refractivity contribution in [1.82, 2.24) is 10.0 Å². The topological polar surface area (TPSA) is 111 Å². The monoisotopic (exact) mass is 410 g/mol. The molecule has 9 heteroatoms. The van der Waals surface area contributed by atoms with E-state index in [9.17, 15) is 18.0 Å². The summed E-state index contributed by atoms with van der Waals surface area (Å²) >= 11 is 0. The van der Waals surface area contributed by atoms with Gasteiger partial charge in [0.05, 0.1) is 7.11 Å². The average molecular weight is 410 g/mol. The molecule has 1 aliphatic rings. The highest BCUT2D eigenvalue weighted by Gasteiger charge is 2.22. The lowest BCUT2D eigenvalue weighted by molar-refractivity contribution is -0.150. The highest BCUT2D eigenvalue weighted by molar-refractivity contribution is 7.89. The van der Waals surface area contributed by atoms with Crippen LogP contribution in [0, 0.1) is 0 Å². The first kappa shape index (κ1) is 21.9. The van der Waals surface area contributed by atoms with Crippen molar-refractivity contribution in [1.29, 1.82) is 0 Å². The van der Waals surface area contributed by atoms with Crippen LogP contribution >= 0.6 is 0 Å². The van der Waals surface area contributed by atoms with Crippen LogP contribution in [0.15, 0.2) is 29.2 Å². The molecule has 1 unspecified atom stereocenters. The lowest BCUT2D eigenvalue weighted by Crippen LogP contribution is -2.40. The van der Waals surface area contributed by atoms with Crippen LogP contribution < -0.4 is 14.8 Å². The largest absolute Gasteiger partial charge is 0.495 e. The van der Waals surface area contributed by atoms with E-state index in [-0.39, 0.29) is 22.6 Å². The predicted octanol–water partition coefficient (Wildman–Crippen LogP) is 1.61. The molecular weight excluding hydrogens is 384 g/mol. The van der Waals surface area contributed by atoms with Gasteiger partial charge < -0.3 is 14.8 Å². The average Bonchev–Trinajstić information content (AvgIpc) is 3.19. The van der Waals surface area contributed by atoms with Crippen molar-refractivity contribution in [2.45, 2.75) is 49.6 Å². The molecule has 1 aliphatic carbocycles. The molecule has 28 heavy (non-hydrogen) atoms. The second-order valence-corrected chi connectivity index (χ2v) is 8.38. The van der Waals surface area contributed by atoms with Gasteiger partial charge in [0, 0.05) is 12.1 Å². The van der Waals surface area contributed by atoms with Crippen LogP contribution in [0.4, 0.5) is 0 Å². The van der Waals surface area contributed by atoms with Crippen molar-refractivity contribution in [2.24, 2.45) is 0 Å². The van der Waals surface area contributed by atoms with Gasteiger partial charge in [0.2, 0.25) is 10.0 Å². The van der Waals surface area contributed by atoms with Gasteiger partial charge in [-0.3, -0.25) is 4.79 Å². The number of hydrogen-bond acceptors (Lipinski definition) is 6. The Morgan fingerprint density at radius 3 is 2.54 bits per heavy atom. The maximum absolute atomic E-state index is 12.1. The van der Waals surface area contributed by atoms with Gasteiger partial charge in [-0.15, -0.1) is 0 Å². The summed E-state index contributed by atoms with van der Waals surface area (Å²) in [7, 11) is -1.05. The maximum Gasteiger partial charge on any atom is 0.331 e. The fraction of sp³-hybridized carbons (Fsp3) is 0.474. The molecule has 154 valence electrons. The SMILES string of the molecule is CNS(=O)(=O)c1cc(/C=C/C(=O)OC(C)C(=O)NC2CCCC2)ccc1OC. The van der Waals surface area contributed by atoms with Crippen molar-refractivity contribution in [3.63, 3.8) is 0 Å². The molecule has 2 N–H and O–H groups in total. The zero-order chi connectivity index (χ0) is 20.7. The molecule has 0 bridgehead atoms. The molecule has 1 amide bonds. The molecule has 0 aromatic heterocycles. The number of ether oxygens (including phenoxy) is 2. The quantitative estimate of drug-likeness (QED) is 0.498. The molecule has 0 aliphatic heterocycles.